The molecule has 0 aromatic heterocycles. The van der Waals surface area contributed by atoms with Crippen LogP contribution in [0.3, 0.4) is 0 Å². The van der Waals surface area contributed by atoms with E-state index in [9.17, 15) is 13.9 Å². The summed E-state index contributed by atoms with van der Waals surface area (Å²) in [5.41, 5.74) is 0. The Morgan fingerprint density at radius 3 is 1.87 bits per heavy atom. The molecule has 0 aliphatic heterocycles. The molecular weight excluding hydrogens is 258 g/mol. The fourth-order valence-corrected chi connectivity index (χ4v) is 1.29. The lowest BCUT2D eigenvalue weighted by atomic mass is 10.4. The highest BCUT2D eigenvalue weighted by molar-refractivity contribution is 7.46. The zero-order valence-corrected chi connectivity index (χ0v) is 8.75. The zero-order valence-electron chi connectivity index (χ0n) is 6.96. The van der Waals surface area contributed by atoms with Gasteiger partial charge in [0.2, 0.25) is 0 Å². The Morgan fingerprint density at radius 1 is 1.13 bits per heavy atom. The number of carbonyl (C=O) groups is 1. The molecule has 0 aromatic carbocycles. The van der Waals surface area contributed by atoms with Crippen molar-refractivity contribution in [1.82, 2.24) is 0 Å². The molecule has 5 N–H and O–H groups in total. The lowest BCUT2D eigenvalue weighted by Crippen LogP contribution is -2.27. The van der Waals surface area contributed by atoms with Crippen molar-refractivity contribution in [3.8, 4) is 0 Å². The van der Waals surface area contributed by atoms with E-state index in [2.05, 4.69) is 9.05 Å². The number of phosphoric acid groups is 2. The molecule has 12 heteroatoms. The van der Waals surface area contributed by atoms with Gasteiger partial charge in [-0.25, -0.2) is 13.9 Å². The average Bonchev–Trinajstić information content (AvgIpc) is 1.93. The van der Waals surface area contributed by atoms with Crippen LogP contribution in [0.1, 0.15) is 0 Å². The van der Waals surface area contributed by atoms with Crippen molar-refractivity contribution in [3.05, 3.63) is 0 Å². The number of phosphoric ester groups is 2. The van der Waals surface area contributed by atoms with Gasteiger partial charge in [0.25, 0.3) is 0 Å². The Balaban J connectivity index is 4.38. The molecule has 15 heavy (non-hydrogen) atoms. The summed E-state index contributed by atoms with van der Waals surface area (Å²) < 4.78 is 27.8. The smallest absolute Gasteiger partial charge is 0.470 e. The van der Waals surface area contributed by atoms with E-state index in [0.717, 1.165) is 0 Å². The second-order valence-electron chi connectivity index (χ2n) is 2.21. The fourth-order valence-electron chi connectivity index (χ4n) is 0.477. The predicted molar refractivity (Wildman–Crippen MR) is 42.5 cm³/mol. The molecule has 0 bridgehead atoms. The Hall–Kier alpha value is -0.310. The SMILES string of the molecule is O=C(O)[C@H](COP(=O)(O)O)OP(=O)(O)O. The van der Waals surface area contributed by atoms with E-state index in [-0.39, 0.29) is 0 Å². The summed E-state index contributed by atoms with van der Waals surface area (Å²) in [6.07, 6.45) is -2.17. The van der Waals surface area contributed by atoms with Gasteiger partial charge in [-0.05, 0) is 0 Å². The first-order chi connectivity index (χ1) is 6.51. The van der Waals surface area contributed by atoms with Crippen LogP contribution in [0.2, 0.25) is 0 Å². The monoisotopic (exact) mass is 266 g/mol. The van der Waals surface area contributed by atoms with Crippen LogP contribution in [-0.4, -0.2) is 43.4 Å². The van der Waals surface area contributed by atoms with Crippen LogP contribution in [-0.2, 0) is 23.0 Å². The van der Waals surface area contributed by atoms with Gasteiger partial charge in [0.15, 0.2) is 6.10 Å². The molecule has 0 aliphatic carbocycles. The molecule has 0 heterocycles. The maximum atomic E-state index is 10.3. The van der Waals surface area contributed by atoms with E-state index in [1.807, 2.05) is 0 Å². The molecule has 1 atom stereocenters. The Morgan fingerprint density at radius 2 is 1.60 bits per heavy atom. The maximum absolute atomic E-state index is 10.3. The van der Waals surface area contributed by atoms with E-state index in [4.69, 9.17) is 24.7 Å². The van der Waals surface area contributed by atoms with Crippen molar-refractivity contribution in [2.24, 2.45) is 0 Å². The molecule has 0 aliphatic rings. The lowest BCUT2D eigenvalue weighted by Gasteiger charge is -2.14. The largest absolute Gasteiger partial charge is 0.479 e. The van der Waals surface area contributed by atoms with Crippen molar-refractivity contribution in [1.29, 1.82) is 0 Å². The number of aliphatic carboxylic acids is 1. The number of carboxylic acids is 1. The number of carboxylic acid groups (broad SMARTS) is 1. The number of hydrogen-bond acceptors (Lipinski definition) is 5. The van der Waals surface area contributed by atoms with Gasteiger partial charge < -0.3 is 24.7 Å². The van der Waals surface area contributed by atoms with Crippen LogP contribution in [0.4, 0.5) is 0 Å². The van der Waals surface area contributed by atoms with Crippen LogP contribution in [0.15, 0.2) is 0 Å². The summed E-state index contributed by atoms with van der Waals surface area (Å²) >= 11 is 0. The van der Waals surface area contributed by atoms with Crippen LogP contribution in [0.5, 0.6) is 0 Å². The quantitative estimate of drug-likeness (QED) is 0.362. The highest BCUT2D eigenvalue weighted by atomic mass is 31.2. The van der Waals surface area contributed by atoms with E-state index >= 15 is 0 Å². The molecule has 10 nitrogen and oxygen atoms in total. The molecule has 0 unspecified atom stereocenters. The summed E-state index contributed by atoms with van der Waals surface area (Å²) in [5.74, 6) is -1.83. The van der Waals surface area contributed by atoms with Gasteiger partial charge in [-0.15, -0.1) is 0 Å². The normalized spacial score (nSPS) is 14.9. The van der Waals surface area contributed by atoms with Crippen LogP contribution in [0, 0.1) is 0 Å². The number of rotatable bonds is 6. The third-order valence-corrected chi connectivity index (χ3v) is 1.95. The van der Waals surface area contributed by atoms with Crippen molar-refractivity contribution in [2.45, 2.75) is 6.10 Å². The highest BCUT2D eigenvalue weighted by Gasteiger charge is 2.30. The molecule has 90 valence electrons. The van der Waals surface area contributed by atoms with Gasteiger partial charge in [0.05, 0.1) is 6.61 Å². The first kappa shape index (κ1) is 14.7. The van der Waals surface area contributed by atoms with Gasteiger partial charge in [-0.1, -0.05) is 0 Å². The Kier molecular flexibility index (Phi) is 5.04. The molecular formula is C3H8O10P2. The van der Waals surface area contributed by atoms with Crippen molar-refractivity contribution >= 4 is 21.6 Å². The zero-order chi connectivity index (χ0) is 12.3. The molecule has 0 saturated heterocycles. The maximum Gasteiger partial charge on any atom is 0.470 e. The third kappa shape index (κ3) is 8.67. The topological polar surface area (TPSA) is 171 Å². The average molecular weight is 266 g/mol. The molecule has 0 amide bonds. The minimum absolute atomic E-state index is 1.19. The Bertz CT molecular complexity index is 311. The van der Waals surface area contributed by atoms with E-state index in [0.29, 0.717) is 0 Å². The number of hydrogen-bond donors (Lipinski definition) is 5. The minimum Gasteiger partial charge on any atom is -0.479 e. The second-order valence-corrected chi connectivity index (χ2v) is 4.64. The summed E-state index contributed by atoms with van der Waals surface area (Å²) in [6, 6.07) is 0. The first-order valence-electron chi connectivity index (χ1n) is 3.18. The second kappa shape index (κ2) is 5.15. The van der Waals surface area contributed by atoms with Gasteiger partial charge >= 0.3 is 21.6 Å². The Labute approximate surface area is 82.9 Å². The standard InChI is InChI=1S/C3H8O10P2/c4-3(5)2(13-15(9,10)11)1-12-14(6,7)8/h2H,1H2,(H,4,5)(H2,6,7,8)(H2,9,10,11)/t2-/m0/s1. The minimum atomic E-state index is -5.07. The summed E-state index contributed by atoms with van der Waals surface area (Å²) in [5, 5.41) is 8.33. The van der Waals surface area contributed by atoms with Crippen molar-refractivity contribution in [2.75, 3.05) is 6.61 Å². The van der Waals surface area contributed by atoms with Crippen LogP contribution < -0.4 is 0 Å². The molecule has 0 radical (unpaired) electrons. The van der Waals surface area contributed by atoms with E-state index in [1.165, 1.54) is 0 Å². The summed E-state index contributed by atoms with van der Waals surface area (Å²) in [4.78, 5) is 43.2. The summed E-state index contributed by atoms with van der Waals surface area (Å²) in [7, 11) is -9.99. The highest BCUT2D eigenvalue weighted by Crippen LogP contribution is 2.40. The molecule has 0 aromatic rings. The van der Waals surface area contributed by atoms with Crippen molar-refractivity contribution < 1.29 is 47.7 Å². The third-order valence-electron chi connectivity index (χ3n) is 0.934. The van der Waals surface area contributed by atoms with Crippen molar-refractivity contribution in [3.63, 3.8) is 0 Å². The van der Waals surface area contributed by atoms with Gasteiger partial charge in [0, 0.05) is 0 Å². The molecule has 0 fully saturated rings. The van der Waals surface area contributed by atoms with Gasteiger partial charge in [-0.3, -0.25) is 9.05 Å². The summed E-state index contributed by atoms with van der Waals surface area (Å²) in [6.45, 7) is -1.19. The molecule has 0 spiro atoms. The first-order valence-corrected chi connectivity index (χ1v) is 6.24. The molecule has 0 rings (SSSR count). The van der Waals surface area contributed by atoms with Crippen LogP contribution in [0.25, 0.3) is 0 Å². The molecule has 0 saturated carbocycles. The lowest BCUT2D eigenvalue weighted by molar-refractivity contribution is -0.147. The van der Waals surface area contributed by atoms with Gasteiger partial charge in [0.1, 0.15) is 0 Å². The van der Waals surface area contributed by atoms with Crippen LogP contribution >= 0.6 is 15.6 Å². The predicted octanol–water partition coefficient (Wildman–Crippen LogP) is -1.34. The van der Waals surface area contributed by atoms with Gasteiger partial charge in [-0.2, -0.15) is 0 Å². The van der Waals surface area contributed by atoms with E-state index in [1.54, 1.807) is 0 Å². The fraction of sp³-hybridized carbons (Fsp3) is 0.667. The van der Waals surface area contributed by atoms with E-state index < -0.39 is 34.3 Å².